The van der Waals surface area contributed by atoms with Gasteiger partial charge in [-0.15, -0.1) is 11.3 Å². The number of halogens is 1. The number of hydrogen-bond acceptors (Lipinski definition) is 4. The molecule has 0 fully saturated rings. The van der Waals surface area contributed by atoms with Crippen LogP contribution in [0, 0.1) is 0 Å². The van der Waals surface area contributed by atoms with Gasteiger partial charge in [0.25, 0.3) is 5.56 Å². The van der Waals surface area contributed by atoms with Crippen LogP contribution >= 0.6 is 22.9 Å². The van der Waals surface area contributed by atoms with E-state index in [4.69, 9.17) is 11.6 Å². The summed E-state index contributed by atoms with van der Waals surface area (Å²) in [4.78, 5) is 20.3. The lowest BCUT2D eigenvalue weighted by Gasteiger charge is -2.13. The van der Waals surface area contributed by atoms with Gasteiger partial charge in [-0.2, -0.15) is 0 Å². The van der Waals surface area contributed by atoms with Crippen LogP contribution in [0.2, 0.25) is 5.15 Å². The van der Waals surface area contributed by atoms with Gasteiger partial charge in [-0.3, -0.25) is 9.36 Å². The van der Waals surface area contributed by atoms with E-state index in [2.05, 4.69) is 9.97 Å². The van der Waals surface area contributed by atoms with E-state index in [9.17, 15) is 4.79 Å². The molecule has 2 aromatic heterocycles. The van der Waals surface area contributed by atoms with Crippen LogP contribution in [0.25, 0.3) is 0 Å². The van der Waals surface area contributed by atoms with Crippen molar-refractivity contribution >= 4 is 22.9 Å². The van der Waals surface area contributed by atoms with Gasteiger partial charge in [-0.25, -0.2) is 9.97 Å². The van der Waals surface area contributed by atoms with Crippen molar-refractivity contribution in [1.82, 2.24) is 14.5 Å². The Kier molecular flexibility index (Phi) is 3.59. The maximum Gasteiger partial charge on any atom is 0.255 e. The largest absolute Gasteiger partial charge is 0.290 e. The van der Waals surface area contributed by atoms with Gasteiger partial charge in [-0.05, 0) is 0 Å². The molecule has 0 spiro atoms. The van der Waals surface area contributed by atoms with Crippen molar-refractivity contribution in [1.29, 1.82) is 0 Å². The first kappa shape index (κ1) is 12.3. The predicted octanol–water partition coefficient (Wildman–Crippen LogP) is 2.52. The number of hydrogen-bond donors (Lipinski definition) is 0. The van der Waals surface area contributed by atoms with Gasteiger partial charge in [0.15, 0.2) is 0 Å². The summed E-state index contributed by atoms with van der Waals surface area (Å²) in [5.74, 6) is 0.829. The maximum absolute atomic E-state index is 11.9. The second kappa shape index (κ2) is 4.98. The molecule has 0 bridgehead atoms. The minimum absolute atomic E-state index is 0.137. The molecule has 0 saturated heterocycles. The van der Waals surface area contributed by atoms with Crippen molar-refractivity contribution in [3.63, 3.8) is 0 Å². The van der Waals surface area contributed by atoms with Crippen LogP contribution in [-0.4, -0.2) is 14.5 Å². The topological polar surface area (TPSA) is 47.8 Å². The monoisotopic (exact) mass is 269 g/mol. The molecule has 0 aliphatic rings. The highest BCUT2D eigenvalue weighted by atomic mass is 35.5. The van der Waals surface area contributed by atoms with Crippen LogP contribution in [0.1, 0.15) is 31.3 Å². The summed E-state index contributed by atoms with van der Waals surface area (Å²) in [7, 11) is 0. The summed E-state index contributed by atoms with van der Waals surface area (Å²) in [5.41, 5.74) is 2.48. The molecule has 6 heteroatoms. The quantitative estimate of drug-likeness (QED) is 0.805. The molecular formula is C11H12ClN3OS. The fourth-order valence-corrected chi connectivity index (χ4v) is 2.30. The maximum atomic E-state index is 11.9. The highest BCUT2D eigenvalue weighted by Crippen LogP contribution is 2.14. The van der Waals surface area contributed by atoms with Gasteiger partial charge in [0, 0.05) is 17.4 Å². The average Bonchev–Trinajstić information content (AvgIpc) is 2.74. The first-order valence-corrected chi connectivity index (χ1v) is 6.54. The SMILES string of the molecule is CC(C)c1nc(Cl)cc(=O)n1Cc1cscn1. The fourth-order valence-electron chi connectivity index (χ4n) is 1.57. The predicted molar refractivity (Wildman–Crippen MR) is 68.8 cm³/mol. The number of nitrogens with zero attached hydrogens (tertiary/aromatic N) is 3. The Morgan fingerprint density at radius 2 is 2.29 bits per heavy atom. The van der Waals surface area contributed by atoms with Gasteiger partial charge in [0.2, 0.25) is 0 Å². The second-order valence-corrected chi connectivity index (χ2v) is 5.10. The summed E-state index contributed by atoms with van der Waals surface area (Å²) in [5, 5.41) is 2.17. The Morgan fingerprint density at radius 3 is 2.88 bits per heavy atom. The molecule has 0 aliphatic heterocycles. The molecule has 0 saturated carbocycles. The zero-order chi connectivity index (χ0) is 12.4. The van der Waals surface area contributed by atoms with E-state index in [0.717, 1.165) is 5.69 Å². The van der Waals surface area contributed by atoms with E-state index >= 15 is 0 Å². The van der Waals surface area contributed by atoms with Gasteiger partial charge >= 0.3 is 0 Å². The van der Waals surface area contributed by atoms with Crippen molar-refractivity contribution in [3.05, 3.63) is 44.0 Å². The van der Waals surface area contributed by atoms with Crippen molar-refractivity contribution < 1.29 is 0 Å². The van der Waals surface area contributed by atoms with E-state index in [1.54, 1.807) is 10.1 Å². The lowest BCUT2D eigenvalue weighted by molar-refractivity contribution is 0.619. The second-order valence-electron chi connectivity index (χ2n) is 4.00. The first-order valence-electron chi connectivity index (χ1n) is 5.22. The molecule has 90 valence electrons. The van der Waals surface area contributed by atoms with Crippen molar-refractivity contribution in [3.8, 4) is 0 Å². The van der Waals surface area contributed by atoms with Gasteiger partial charge < -0.3 is 0 Å². The van der Waals surface area contributed by atoms with E-state index in [0.29, 0.717) is 12.4 Å². The lowest BCUT2D eigenvalue weighted by Crippen LogP contribution is -2.25. The Hall–Kier alpha value is -1.20. The molecule has 0 atom stereocenters. The van der Waals surface area contributed by atoms with Gasteiger partial charge in [-0.1, -0.05) is 25.4 Å². The van der Waals surface area contributed by atoms with Crippen LogP contribution < -0.4 is 5.56 Å². The first-order chi connectivity index (χ1) is 8.08. The highest BCUT2D eigenvalue weighted by molar-refractivity contribution is 7.07. The molecule has 0 amide bonds. The molecule has 2 aromatic rings. The zero-order valence-corrected chi connectivity index (χ0v) is 11.1. The molecule has 0 N–H and O–H groups in total. The van der Waals surface area contributed by atoms with Crippen LogP contribution in [0.15, 0.2) is 21.8 Å². The summed E-state index contributed by atoms with van der Waals surface area (Å²) >= 11 is 7.32. The molecular weight excluding hydrogens is 258 g/mol. The third-order valence-electron chi connectivity index (χ3n) is 2.33. The Balaban J connectivity index is 2.48. The molecule has 0 unspecified atom stereocenters. The Labute approximate surface area is 108 Å². The molecule has 0 aliphatic carbocycles. The average molecular weight is 270 g/mol. The van der Waals surface area contributed by atoms with Gasteiger partial charge in [0.05, 0.1) is 17.7 Å². The van der Waals surface area contributed by atoms with Crippen molar-refractivity contribution in [2.75, 3.05) is 0 Å². The molecule has 0 radical (unpaired) electrons. The van der Waals surface area contributed by atoms with Crippen LogP contribution in [0.4, 0.5) is 0 Å². The molecule has 17 heavy (non-hydrogen) atoms. The lowest BCUT2D eigenvalue weighted by atomic mass is 10.2. The smallest absolute Gasteiger partial charge is 0.255 e. The summed E-state index contributed by atoms with van der Waals surface area (Å²) in [6, 6.07) is 1.33. The normalized spacial score (nSPS) is 11.1. The number of aromatic nitrogens is 3. The van der Waals surface area contributed by atoms with E-state index < -0.39 is 0 Å². The third kappa shape index (κ3) is 2.73. The Bertz CT molecular complexity index is 563. The zero-order valence-electron chi connectivity index (χ0n) is 9.55. The molecule has 2 heterocycles. The van der Waals surface area contributed by atoms with E-state index in [1.165, 1.54) is 17.4 Å². The molecule has 2 rings (SSSR count). The van der Waals surface area contributed by atoms with Gasteiger partial charge in [0.1, 0.15) is 11.0 Å². The molecule has 4 nitrogen and oxygen atoms in total. The standard InChI is InChI=1S/C11H12ClN3OS/c1-7(2)11-14-9(12)3-10(16)15(11)4-8-5-17-6-13-8/h3,5-7H,4H2,1-2H3. The van der Waals surface area contributed by atoms with Crippen LogP contribution in [-0.2, 0) is 6.54 Å². The summed E-state index contributed by atoms with van der Waals surface area (Å²) < 4.78 is 1.62. The minimum Gasteiger partial charge on any atom is -0.290 e. The third-order valence-corrected chi connectivity index (χ3v) is 3.16. The summed E-state index contributed by atoms with van der Waals surface area (Å²) in [6.45, 7) is 4.41. The fraction of sp³-hybridized carbons (Fsp3) is 0.364. The van der Waals surface area contributed by atoms with E-state index in [-0.39, 0.29) is 16.6 Å². The van der Waals surface area contributed by atoms with Crippen molar-refractivity contribution in [2.24, 2.45) is 0 Å². The Morgan fingerprint density at radius 1 is 1.53 bits per heavy atom. The van der Waals surface area contributed by atoms with Crippen LogP contribution in [0.3, 0.4) is 0 Å². The minimum atomic E-state index is -0.137. The van der Waals surface area contributed by atoms with Crippen molar-refractivity contribution in [2.45, 2.75) is 26.3 Å². The van der Waals surface area contributed by atoms with Crippen LogP contribution in [0.5, 0.6) is 0 Å². The molecule has 0 aromatic carbocycles. The number of thiazole rings is 1. The summed E-state index contributed by atoms with van der Waals surface area (Å²) in [6.07, 6.45) is 0. The number of rotatable bonds is 3. The highest BCUT2D eigenvalue weighted by Gasteiger charge is 2.12. The van der Waals surface area contributed by atoms with E-state index in [1.807, 2.05) is 19.2 Å².